The molecule has 13 heavy (non-hydrogen) atoms. The molecule has 1 atom stereocenters. The first-order valence-corrected chi connectivity index (χ1v) is 5.69. The molecule has 2 nitrogen and oxygen atoms in total. The van der Waals surface area contributed by atoms with E-state index in [4.69, 9.17) is 5.73 Å². The van der Waals surface area contributed by atoms with Crippen LogP contribution in [0.1, 0.15) is 58.3 Å². The van der Waals surface area contributed by atoms with Crippen LogP contribution in [0.2, 0.25) is 0 Å². The Morgan fingerprint density at radius 3 is 2.23 bits per heavy atom. The fourth-order valence-electron chi connectivity index (χ4n) is 1.50. The lowest BCUT2D eigenvalue weighted by atomic mass is 10.1. The topological polar surface area (TPSA) is 46.2 Å². The van der Waals surface area contributed by atoms with Crippen LogP contribution in [0.5, 0.6) is 0 Å². The van der Waals surface area contributed by atoms with Gasteiger partial charge in [0, 0.05) is 0 Å². The van der Waals surface area contributed by atoms with E-state index >= 15 is 0 Å². The highest BCUT2D eigenvalue weighted by molar-refractivity contribution is 4.56. The first-order valence-electron chi connectivity index (χ1n) is 5.69. The third-order valence-corrected chi connectivity index (χ3v) is 2.39. The SMILES string of the molecule is CCCCCCCCC(O)CCN. The van der Waals surface area contributed by atoms with E-state index in [9.17, 15) is 5.11 Å². The predicted molar refractivity (Wildman–Crippen MR) is 57.7 cm³/mol. The fraction of sp³-hybridized carbons (Fsp3) is 1.00. The molecule has 0 saturated carbocycles. The van der Waals surface area contributed by atoms with E-state index < -0.39 is 0 Å². The highest BCUT2D eigenvalue weighted by Crippen LogP contribution is 2.09. The molecule has 0 bridgehead atoms. The van der Waals surface area contributed by atoms with Gasteiger partial charge in [-0.05, 0) is 19.4 Å². The standard InChI is InChI=1S/C11H25NO/c1-2-3-4-5-6-7-8-11(13)9-10-12/h11,13H,2-10,12H2,1H3. The minimum Gasteiger partial charge on any atom is -0.393 e. The molecule has 0 saturated heterocycles. The van der Waals surface area contributed by atoms with Crippen LogP contribution in [0.3, 0.4) is 0 Å². The largest absolute Gasteiger partial charge is 0.393 e. The molecule has 0 spiro atoms. The van der Waals surface area contributed by atoms with Crippen molar-refractivity contribution < 1.29 is 5.11 Å². The number of aliphatic hydroxyl groups excluding tert-OH is 1. The van der Waals surface area contributed by atoms with Gasteiger partial charge in [0.2, 0.25) is 0 Å². The summed E-state index contributed by atoms with van der Waals surface area (Å²) < 4.78 is 0. The summed E-state index contributed by atoms with van der Waals surface area (Å²) in [5, 5.41) is 9.37. The lowest BCUT2D eigenvalue weighted by Crippen LogP contribution is -2.12. The van der Waals surface area contributed by atoms with Gasteiger partial charge in [-0.15, -0.1) is 0 Å². The Balaban J connectivity index is 2.97. The summed E-state index contributed by atoms with van der Waals surface area (Å²) in [5.74, 6) is 0. The monoisotopic (exact) mass is 187 g/mol. The van der Waals surface area contributed by atoms with E-state index in [-0.39, 0.29) is 6.10 Å². The van der Waals surface area contributed by atoms with Gasteiger partial charge in [0.15, 0.2) is 0 Å². The Bertz CT molecular complexity index is 96.1. The van der Waals surface area contributed by atoms with Crippen molar-refractivity contribution >= 4 is 0 Å². The normalized spacial score (nSPS) is 13.2. The van der Waals surface area contributed by atoms with Crippen molar-refractivity contribution in [1.29, 1.82) is 0 Å². The molecular formula is C11H25NO. The summed E-state index contributed by atoms with van der Waals surface area (Å²) in [6, 6.07) is 0. The molecule has 2 heteroatoms. The van der Waals surface area contributed by atoms with Crippen LogP contribution in [0.15, 0.2) is 0 Å². The van der Waals surface area contributed by atoms with Gasteiger partial charge >= 0.3 is 0 Å². The van der Waals surface area contributed by atoms with Crippen LogP contribution in [-0.4, -0.2) is 17.8 Å². The van der Waals surface area contributed by atoms with E-state index in [0.717, 1.165) is 19.3 Å². The molecule has 0 aromatic carbocycles. The van der Waals surface area contributed by atoms with Crippen molar-refractivity contribution in [3.63, 3.8) is 0 Å². The van der Waals surface area contributed by atoms with Crippen molar-refractivity contribution in [2.24, 2.45) is 5.73 Å². The summed E-state index contributed by atoms with van der Waals surface area (Å²) in [7, 11) is 0. The second-order valence-electron chi connectivity index (χ2n) is 3.79. The van der Waals surface area contributed by atoms with Crippen LogP contribution < -0.4 is 5.73 Å². The first kappa shape index (κ1) is 12.9. The van der Waals surface area contributed by atoms with E-state index in [2.05, 4.69) is 6.92 Å². The Labute approximate surface area is 82.5 Å². The maximum absolute atomic E-state index is 9.37. The van der Waals surface area contributed by atoms with Gasteiger partial charge in [-0.2, -0.15) is 0 Å². The molecule has 0 rings (SSSR count). The van der Waals surface area contributed by atoms with Crippen molar-refractivity contribution in [2.75, 3.05) is 6.54 Å². The van der Waals surface area contributed by atoms with Crippen molar-refractivity contribution in [2.45, 2.75) is 64.4 Å². The molecule has 1 unspecified atom stereocenters. The fourth-order valence-corrected chi connectivity index (χ4v) is 1.50. The van der Waals surface area contributed by atoms with Crippen LogP contribution in [0.25, 0.3) is 0 Å². The van der Waals surface area contributed by atoms with Gasteiger partial charge in [0.1, 0.15) is 0 Å². The Hall–Kier alpha value is -0.0800. The Kier molecular flexibility index (Phi) is 9.94. The van der Waals surface area contributed by atoms with Crippen LogP contribution in [-0.2, 0) is 0 Å². The third-order valence-electron chi connectivity index (χ3n) is 2.39. The molecular weight excluding hydrogens is 162 g/mol. The zero-order valence-electron chi connectivity index (χ0n) is 8.97. The van der Waals surface area contributed by atoms with Gasteiger partial charge in [0.05, 0.1) is 6.10 Å². The van der Waals surface area contributed by atoms with Crippen molar-refractivity contribution in [3.05, 3.63) is 0 Å². The molecule has 0 fully saturated rings. The highest BCUT2D eigenvalue weighted by Gasteiger charge is 2.01. The molecule has 0 heterocycles. The number of hydrogen-bond donors (Lipinski definition) is 2. The van der Waals surface area contributed by atoms with E-state index in [0.29, 0.717) is 6.54 Å². The van der Waals surface area contributed by atoms with Gasteiger partial charge < -0.3 is 10.8 Å². The molecule has 0 amide bonds. The summed E-state index contributed by atoms with van der Waals surface area (Å²) >= 11 is 0. The Morgan fingerprint density at radius 2 is 1.62 bits per heavy atom. The molecule has 0 aromatic heterocycles. The smallest absolute Gasteiger partial charge is 0.0552 e. The first-order chi connectivity index (χ1) is 6.31. The average Bonchev–Trinajstić information content (AvgIpc) is 2.11. The van der Waals surface area contributed by atoms with Gasteiger partial charge in [-0.25, -0.2) is 0 Å². The quantitative estimate of drug-likeness (QED) is 0.545. The van der Waals surface area contributed by atoms with Crippen molar-refractivity contribution in [1.82, 2.24) is 0 Å². The van der Waals surface area contributed by atoms with Crippen LogP contribution >= 0.6 is 0 Å². The van der Waals surface area contributed by atoms with E-state index in [1.165, 1.54) is 32.1 Å². The van der Waals surface area contributed by atoms with Crippen LogP contribution in [0.4, 0.5) is 0 Å². The maximum atomic E-state index is 9.37. The number of aliphatic hydroxyl groups is 1. The second-order valence-corrected chi connectivity index (χ2v) is 3.79. The Morgan fingerprint density at radius 1 is 1.00 bits per heavy atom. The molecule has 0 aliphatic rings. The number of rotatable bonds is 9. The predicted octanol–water partition coefficient (Wildman–Crippen LogP) is 2.45. The number of unbranched alkanes of at least 4 members (excludes halogenated alkanes) is 5. The zero-order valence-corrected chi connectivity index (χ0v) is 8.97. The molecule has 80 valence electrons. The highest BCUT2D eigenvalue weighted by atomic mass is 16.3. The summed E-state index contributed by atoms with van der Waals surface area (Å²) in [6.45, 7) is 2.84. The molecule has 0 radical (unpaired) electrons. The molecule has 0 aromatic rings. The third kappa shape index (κ3) is 9.84. The summed E-state index contributed by atoms with van der Waals surface area (Å²) in [4.78, 5) is 0. The molecule has 0 aliphatic carbocycles. The molecule has 0 aliphatic heterocycles. The molecule has 3 N–H and O–H groups in total. The van der Waals surface area contributed by atoms with Crippen LogP contribution in [0, 0.1) is 0 Å². The number of hydrogen-bond acceptors (Lipinski definition) is 2. The average molecular weight is 187 g/mol. The summed E-state index contributed by atoms with van der Waals surface area (Å²) in [5.41, 5.74) is 5.34. The number of nitrogens with two attached hydrogens (primary N) is 1. The van der Waals surface area contributed by atoms with Gasteiger partial charge in [-0.3, -0.25) is 0 Å². The maximum Gasteiger partial charge on any atom is 0.0552 e. The minimum atomic E-state index is -0.156. The van der Waals surface area contributed by atoms with E-state index in [1.54, 1.807) is 0 Å². The van der Waals surface area contributed by atoms with E-state index in [1.807, 2.05) is 0 Å². The van der Waals surface area contributed by atoms with Gasteiger partial charge in [-0.1, -0.05) is 45.4 Å². The minimum absolute atomic E-state index is 0.156. The lowest BCUT2D eigenvalue weighted by Gasteiger charge is -2.07. The van der Waals surface area contributed by atoms with Crippen molar-refractivity contribution in [3.8, 4) is 0 Å². The second kappa shape index (κ2) is 10.0. The lowest BCUT2D eigenvalue weighted by molar-refractivity contribution is 0.153. The summed E-state index contributed by atoms with van der Waals surface area (Å²) in [6.07, 6.45) is 9.29. The van der Waals surface area contributed by atoms with Gasteiger partial charge in [0.25, 0.3) is 0 Å². The zero-order chi connectivity index (χ0) is 9.94.